The number of aromatic nitrogens is 1. The fourth-order valence-corrected chi connectivity index (χ4v) is 3.60. The Morgan fingerprint density at radius 3 is 2.27 bits per heavy atom. The highest BCUT2D eigenvalue weighted by molar-refractivity contribution is 6.22. The number of nitrogens with two attached hydrogens (primary N) is 1. The molecule has 2 N–H and O–H groups in total. The molecule has 3 nitrogen and oxygen atoms in total. The lowest BCUT2D eigenvalue weighted by Gasteiger charge is -2.05. The molecule has 0 bridgehead atoms. The summed E-state index contributed by atoms with van der Waals surface area (Å²) >= 11 is 0. The zero-order chi connectivity index (χ0) is 14.8. The van der Waals surface area contributed by atoms with Crippen LogP contribution < -0.4 is 11.3 Å². The molecule has 3 aromatic carbocycles. The number of para-hydroxylation sites is 1. The fraction of sp³-hybridized carbons (Fsp3) is 0. The second-order valence-electron chi connectivity index (χ2n) is 5.63. The summed E-state index contributed by atoms with van der Waals surface area (Å²) in [6.45, 7) is 0. The molecule has 0 spiro atoms. The normalized spacial score (nSPS) is 12.0. The number of nitrogen functional groups attached to an aromatic ring is 1. The molecule has 2 heterocycles. The van der Waals surface area contributed by atoms with E-state index in [-0.39, 0.29) is 5.56 Å². The van der Waals surface area contributed by atoms with E-state index in [0.717, 1.165) is 38.0 Å². The Morgan fingerprint density at radius 2 is 1.41 bits per heavy atom. The molecule has 0 aliphatic rings. The molecular weight excluding hydrogens is 272 g/mol. The lowest BCUT2D eigenvalue weighted by Crippen LogP contribution is -2.12. The van der Waals surface area contributed by atoms with Gasteiger partial charge in [0.1, 0.15) is 0 Å². The van der Waals surface area contributed by atoms with Gasteiger partial charge in [-0.05, 0) is 23.6 Å². The van der Waals surface area contributed by atoms with Gasteiger partial charge in [-0.25, -0.2) is 0 Å². The van der Waals surface area contributed by atoms with E-state index in [1.54, 1.807) is 4.40 Å². The summed E-state index contributed by atoms with van der Waals surface area (Å²) in [5.74, 6) is 0. The SMILES string of the molecule is Nc1cccc2c1c1cccc3c4ccccc4c(=O)n2c31. The van der Waals surface area contributed by atoms with Gasteiger partial charge in [0.25, 0.3) is 5.56 Å². The molecule has 0 fully saturated rings. The van der Waals surface area contributed by atoms with Crippen molar-refractivity contribution < 1.29 is 0 Å². The summed E-state index contributed by atoms with van der Waals surface area (Å²) in [5, 5.41) is 4.81. The van der Waals surface area contributed by atoms with Gasteiger partial charge < -0.3 is 5.73 Å². The maximum atomic E-state index is 13.0. The molecule has 5 rings (SSSR count). The van der Waals surface area contributed by atoms with Crippen molar-refractivity contribution in [2.75, 3.05) is 5.73 Å². The molecular formula is C19H12N2O. The molecule has 104 valence electrons. The van der Waals surface area contributed by atoms with Crippen LogP contribution in [0.15, 0.2) is 65.5 Å². The summed E-state index contributed by atoms with van der Waals surface area (Å²) in [6.07, 6.45) is 0. The van der Waals surface area contributed by atoms with E-state index in [1.807, 2.05) is 54.6 Å². The Morgan fingerprint density at radius 1 is 0.727 bits per heavy atom. The van der Waals surface area contributed by atoms with E-state index in [0.29, 0.717) is 5.69 Å². The van der Waals surface area contributed by atoms with E-state index in [2.05, 4.69) is 6.07 Å². The van der Waals surface area contributed by atoms with Crippen LogP contribution in [0, 0.1) is 0 Å². The van der Waals surface area contributed by atoms with Crippen LogP contribution in [0.4, 0.5) is 5.69 Å². The fourth-order valence-electron chi connectivity index (χ4n) is 3.60. The van der Waals surface area contributed by atoms with Crippen LogP contribution in [0.2, 0.25) is 0 Å². The van der Waals surface area contributed by atoms with Gasteiger partial charge in [0.2, 0.25) is 0 Å². The number of pyridine rings is 1. The molecule has 3 heteroatoms. The second kappa shape index (κ2) is 3.77. The van der Waals surface area contributed by atoms with Gasteiger partial charge in [-0.3, -0.25) is 9.20 Å². The van der Waals surface area contributed by atoms with Crippen molar-refractivity contribution in [2.24, 2.45) is 0 Å². The van der Waals surface area contributed by atoms with Crippen molar-refractivity contribution in [3.63, 3.8) is 0 Å². The van der Waals surface area contributed by atoms with Gasteiger partial charge in [-0.2, -0.15) is 0 Å². The lowest BCUT2D eigenvalue weighted by molar-refractivity contribution is 1.21. The summed E-state index contributed by atoms with van der Waals surface area (Å²) in [5.41, 5.74) is 8.74. The van der Waals surface area contributed by atoms with Crippen LogP contribution in [0.3, 0.4) is 0 Å². The summed E-state index contributed by atoms with van der Waals surface area (Å²) < 4.78 is 1.80. The van der Waals surface area contributed by atoms with Gasteiger partial charge in [-0.1, -0.05) is 42.5 Å². The van der Waals surface area contributed by atoms with Gasteiger partial charge in [0.15, 0.2) is 0 Å². The number of fused-ring (bicyclic) bond motifs is 5. The lowest BCUT2D eigenvalue weighted by atomic mass is 10.0. The van der Waals surface area contributed by atoms with Crippen LogP contribution in [0.5, 0.6) is 0 Å². The van der Waals surface area contributed by atoms with Crippen molar-refractivity contribution in [2.45, 2.75) is 0 Å². The minimum atomic E-state index is 0.0138. The van der Waals surface area contributed by atoms with Gasteiger partial charge in [0, 0.05) is 27.2 Å². The highest BCUT2D eigenvalue weighted by Gasteiger charge is 2.17. The minimum absolute atomic E-state index is 0.0138. The predicted octanol–water partition coefficient (Wildman–Crippen LogP) is 3.78. The average molecular weight is 284 g/mol. The quantitative estimate of drug-likeness (QED) is 0.347. The van der Waals surface area contributed by atoms with Crippen molar-refractivity contribution in [3.05, 3.63) is 71.0 Å². The molecule has 0 atom stereocenters. The monoisotopic (exact) mass is 284 g/mol. The molecule has 0 amide bonds. The Balaban J connectivity index is 2.32. The van der Waals surface area contributed by atoms with Gasteiger partial charge in [0.05, 0.1) is 11.0 Å². The van der Waals surface area contributed by atoms with Crippen LogP contribution in [-0.4, -0.2) is 4.40 Å². The molecule has 22 heavy (non-hydrogen) atoms. The Labute approximate surface area is 125 Å². The topological polar surface area (TPSA) is 47.5 Å². The number of nitrogens with zero attached hydrogens (tertiary/aromatic N) is 1. The van der Waals surface area contributed by atoms with E-state index in [9.17, 15) is 4.79 Å². The van der Waals surface area contributed by atoms with Crippen molar-refractivity contribution in [1.82, 2.24) is 4.40 Å². The third kappa shape index (κ3) is 1.20. The van der Waals surface area contributed by atoms with E-state index >= 15 is 0 Å². The summed E-state index contributed by atoms with van der Waals surface area (Å²) in [7, 11) is 0. The number of rotatable bonds is 0. The van der Waals surface area contributed by atoms with Crippen molar-refractivity contribution >= 4 is 43.7 Å². The van der Waals surface area contributed by atoms with Crippen LogP contribution in [0.1, 0.15) is 0 Å². The Hall–Kier alpha value is -3.07. The first kappa shape index (κ1) is 11.6. The first-order valence-electron chi connectivity index (χ1n) is 7.23. The van der Waals surface area contributed by atoms with Crippen molar-refractivity contribution in [3.8, 4) is 0 Å². The molecule has 0 aliphatic carbocycles. The maximum absolute atomic E-state index is 13.0. The highest BCUT2D eigenvalue weighted by Crippen LogP contribution is 2.36. The highest BCUT2D eigenvalue weighted by atomic mass is 16.1. The first-order chi connectivity index (χ1) is 10.8. The largest absolute Gasteiger partial charge is 0.398 e. The van der Waals surface area contributed by atoms with Gasteiger partial charge >= 0.3 is 0 Å². The third-order valence-electron chi connectivity index (χ3n) is 4.50. The molecule has 0 saturated carbocycles. The third-order valence-corrected chi connectivity index (χ3v) is 4.50. The number of benzene rings is 3. The number of hydrogen-bond acceptors (Lipinski definition) is 2. The molecule has 5 aromatic rings. The maximum Gasteiger partial charge on any atom is 0.263 e. The number of hydrogen-bond donors (Lipinski definition) is 1. The zero-order valence-electron chi connectivity index (χ0n) is 11.7. The Bertz CT molecular complexity index is 1250. The summed E-state index contributed by atoms with van der Waals surface area (Å²) in [6, 6.07) is 19.6. The van der Waals surface area contributed by atoms with Crippen LogP contribution >= 0.6 is 0 Å². The minimum Gasteiger partial charge on any atom is -0.398 e. The molecule has 0 radical (unpaired) electrons. The zero-order valence-corrected chi connectivity index (χ0v) is 11.7. The molecule has 0 unspecified atom stereocenters. The van der Waals surface area contributed by atoms with Crippen LogP contribution in [-0.2, 0) is 0 Å². The molecule has 0 saturated heterocycles. The average Bonchev–Trinajstić information content (AvgIpc) is 2.89. The predicted molar refractivity (Wildman–Crippen MR) is 91.8 cm³/mol. The second-order valence-corrected chi connectivity index (χ2v) is 5.63. The number of anilines is 1. The van der Waals surface area contributed by atoms with Crippen molar-refractivity contribution in [1.29, 1.82) is 0 Å². The molecule has 0 aliphatic heterocycles. The Kier molecular flexibility index (Phi) is 1.98. The standard InChI is InChI=1S/C19H12N2O/c20-15-9-4-10-16-17(15)14-8-3-7-12-11-5-1-2-6-13(11)19(22)21(16)18(12)14/h1-10H,20H2. The smallest absolute Gasteiger partial charge is 0.263 e. The van der Waals surface area contributed by atoms with E-state index < -0.39 is 0 Å². The molecule has 2 aromatic heterocycles. The first-order valence-corrected chi connectivity index (χ1v) is 7.23. The van der Waals surface area contributed by atoms with E-state index in [4.69, 9.17) is 5.73 Å². The van der Waals surface area contributed by atoms with Gasteiger partial charge in [-0.15, -0.1) is 0 Å². The van der Waals surface area contributed by atoms with Crippen LogP contribution in [0.25, 0.3) is 38.0 Å². The van der Waals surface area contributed by atoms with E-state index in [1.165, 1.54) is 0 Å². The summed E-state index contributed by atoms with van der Waals surface area (Å²) in [4.78, 5) is 13.0.